The van der Waals surface area contributed by atoms with Gasteiger partial charge in [0, 0.05) is 42.4 Å². The molecule has 1 aromatic rings. The fraction of sp³-hybridized carbons (Fsp3) is 0.542. The van der Waals surface area contributed by atoms with Crippen molar-refractivity contribution in [2.75, 3.05) is 24.2 Å². The van der Waals surface area contributed by atoms with Gasteiger partial charge in [0.05, 0.1) is 11.1 Å². The maximum atomic E-state index is 13.1. The number of nitrogens with zero attached hydrogens (tertiary/aromatic N) is 1. The smallest absolute Gasteiger partial charge is 0.264 e. The van der Waals surface area contributed by atoms with E-state index in [2.05, 4.69) is 41.4 Å². The molecule has 1 fully saturated rings. The Bertz CT molecular complexity index is 1020. The minimum atomic E-state index is -0.998. The first-order chi connectivity index (χ1) is 16.5. The van der Waals surface area contributed by atoms with Crippen LogP contribution in [0.3, 0.4) is 0 Å². The van der Waals surface area contributed by atoms with Gasteiger partial charge < -0.3 is 10.6 Å². The third-order valence-electron chi connectivity index (χ3n) is 5.60. The predicted octanol–water partition coefficient (Wildman–Crippen LogP) is 1.68. The summed E-state index contributed by atoms with van der Waals surface area (Å²) in [5.74, 6) is -1.63. The van der Waals surface area contributed by atoms with E-state index < -0.39 is 29.7 Å². The second-order valence-electron chi connectivity index (χ2n) is 9.81. The lowest BCUT2D eigenvalue weighted by Crippen LogP contribution is -2.54. The number of carbonyl (C=O) groups excluding carboxylic acids is 5. The summed E-state index contributed by atoms with van der Waals surface area (Å²) in [6.07, 6.45) is 0.807. The molecular formula is C24H33N5O5S. The zero-order valence-electron chi connectivity index (χ0n) is 20.5. The first-order valence-electron chi connectivity index (χ1n) is 11.7. The molecule has 2 unspecified atom stereocenters. The van der Waals surface area contributed by atoms with Gasteiger partial charge in [-0.1, -0.05) is 24.9 Å². The summed E-state index contributed by atoms with van der Waals surface area (Å²) in [5, 5.41) is 8.29. The fourth-order valence-corrected chi connectivity index (χ4v) is 4.74. The molecule has 2 aliphatic rings. The van der Waals surface area contributed by atoms with E-state index in [1.54, 1.807) is 18.2 Å². The molecule has 2 heterocycles. The summed E-state index contributed by atoms with van der Waals surface area (Å²) in [4.78, 5) is 62.9. The molecule has 35 heavy (non-hydrogen) atoms. The summed E-state index contributed by atoms with van der Waals surface area (Å²) < 4.78 is 3.29. The van der Waals surface area contributed by atoms with Gasteiger partial charge >= 0.3 is 0 Å². The van der Waals surface area contributed by atoms with E-state index in [1.807, 2.05) is 6.92 Å². The predicted molar refractivity (Wildman–Crippen MR) is 134 cm³/mol. The van der Waals surface area contributed by atoms with Crippen LogP contribution in [-0.4, -0.2) is 64.9 Å². The van der Waals surface area contributed by atoms with Crippen LogP contribution in [0.1, 0.15) is 67.7 Å². The Hall–Kier alpha value is -2.92. The average Bonchev–Trinajstić information content (AvgIpc) is 3.03. The van der Waals surface area contributed by atoms with Gasteiger partial charge in [0.25, 0.3) is 11.8 Å². The van der Waals surface area contributed by atoms with E-state index in [-0.39, 0.29) is 41.3 Å². The van der Waals surface area contributed by atoms with E-state index in [9.17, 15) is 24.0 Å². The maximum Gasteiger partial charge on any atom is 0.264 e. The van der Waals surface area contributed by atoms with Crippen molar-refractivity contribution in [3.8, 4) is 0 Å². The molecule has 5 amide bonds. The fourth-order valence-electron chi connectivity index (χ4n) is 3.82. The Kier molecular flexibility index (Phi) is 8.55. The van der Waals surface area contributed by atoms with Crippen molar-refractivity contribution in [1.82, 2.24) is 20.3 Å². The highest BCUT2D eigenvalue weighted by Crippen LogP contribution is 2.32. The van der Waals surface area contributed by atoms with Crippen LogP contribution in [0.4, 0.5) is 5.69 Å². The number of carbonyl (C=O) groups is 5. The minimum absolute atomic E-state index is 0.0188. The molecule has 1 aromatic carbocycles. The molecule has 0 aliphatic carbocycles. The standard InChI is InChI=1S/C24H33N5O5S/c1-14(13-35-28-24(2,3)4)20(31)26-12-6-11-25-16-8-5-7-15-19(16)23(34)29(22(15)33)17-9-10-18(30)27-21(17)32/h5,7-8,14,17,25,28H,6,9-13H2,1-4H3,(H,26,31)(H,27,30,32). The number of rotatable bonds is 10. The van der Waals surface area contributed by atoms with Gasteiger partial charge in [-0.15, -0.1) is 0 Å². The quantitative estimate of drug-likeness (QED) is 0.215. The van der Waals surface area contributed by atoms with Crippen LogP contribution in [0.25, 0.3) is 0 Å². The van der Waals surface area contributed by atoms with E-state index in [1.165, 1.54) is 11.9 Å². The van der Waals surface area contributed by atoms with Crippen molar-refractivity contribution in [3.63, 3.8) is 0 Å². The Morgan fingerprint density at radius 2 is 1.91 bits per heavy atom. The third-order valence-corrected chi connectivity index (χ3v) is 7.02. The number of hydrogen-bond acceptors (Lipinski definition) is 8. The highest BCUT2D eigenvalue weighted by molar-refractivity contribution is 7.97. The van der Waals surface area contributed by atoms with Crippen LogP contribution in [0.5, 0.6) is 0 Å². The van der Waals surface area contributed by atoms with Gasteiger partial charge in [-0.25, -0.2) is 0 Å². The van der Waals surface area contributed by atoms with E-state index in [0.29, 0.717) is 31.0 Å². The number of benzene rings is 1. The first-order valence-corrected chi connectivity index (χ1v) is 12.7. The van der Waals surface area contributed by atoms with Gasteiger partial charge in [-0.2, -0.15) is 0 Å². The monoisotopic (exact) mass is 503 g/mol. The highest BCUT2D eigenvalue weighted by Gasteiger charge is 2.45. The zero-order valence-corrected chi connectivity index (χ0v) is 21.3. The molecule has 0 aromatic heterocycles. The molecule has 10 nitrogen and oxygen atoms in total. The normalized spacial score (nSPS) is 18.9. The van der Waals surface area contributed by atoms with Gasteiger partial charge in [-0.05, 0) is 45.7 Å². The Morgan fingerprint density at radius 1 is 1.17 bits per heavy atom. The molecule has 190 valence electrons. The summed E-state index contributed by atoms with van der Waals surface area (Å²) in [7, 11) is 0. The molecule has 0 saturated carbocycles. The van der Waals surface area contributed by atoms with E-state index >= 15 is 0 Å². The Labute approximate surface area is 209 Å². The van der Waals surface area contributed by atoms with Gasteiger partial charge in [0.15, 0.2) is 0 Å². The average molecular weight is 504 g/mol. The summed E-state index contributed by atoms with van der Waals surface area (Å²) in [6, 6.07) is 3.94. The van der Waals surface area contributed by atoms with Crippen LogP contribution < -0.4 is 20.7 Å². The lowest BCUT2D eigenvalue weighted by molar-refractivity contribution is -0.136. The SMILES string of the molecule is CC(CSNC(C)(C)C)C(=O)NCCCNc1cccc2c1C(=O)N(C1CCC(=O)NC1=O)C2=O. The molecule has 0 bridgehead atoms. The molecular weight excluding hydrogens is 470 g/mol. The molecule has 3 rings (SSSR count). The largest absolute Gasteiger partial charge is 0.384 e. The summed E-state index contributed by atoms with van der Waals surface area (Å²) in [6.45, 7) is 9.03. The summed E-state index contributed by atoms with van der Waals surface area (Å²) in [5.41, 5.74) is 0.936. The van der Waals surface area contributed by atoms with Crippen molar-refractivity contribution in [1.29, 1.82) is 0 Å². The topological polar surface area (TPSA) is 137 Å². The van der Waals surface area contributed by atoms with Crippen LogP contribution in [0, 0.1) is 5.92 Å². The van der Waals surface area contributed by atoms with Crippen molar-refractivity contribution < 1.29 is 24.0 Å². The molecule has 2 atom stereocenters. The summed E-state index contributed by atoms with van der Waals surface area (Å²) >= 11 is 1.53. The zero-order chi connectivity index (χ0) is 25.8. The molecule has 0 radical (unpaired) electrons. The van der Waals surface area contributed by atoms with Gasteiger partial charge in [0.1, 0.15) is 6.04 Å². The Morgan fingerprint density at radius 3 is 2.60 bits per heavy atom. The van der Waals surface area contributed by atoms with Gasteiger partial charge in [0.2, 0.25) is 17.7 Å². The molecule has 11 heteroatoms. The molecule has 0 spiro atoms. The molecule has 1 saturated heterocycles. The van der Waals surface area contributed by atoms with Crippen LogP contribution in [0.2, 0.25) is 0 Å². The lowest BCUT2D eigenvalue weighted by atomic mass is 10.0. The second kappa shape index (κ2) is 11.2. The van der Waals surface area contributed by atoms with Crippen molar-refractivity contribution in [3.05, 3.63) is 29.3 Å². The van der Waals surface area contributed by atoms with Crippen molar-refractivity contribution in [2.24, 2.45) is 5.92 Å². The van der Waals surface area contributed by atoms with Gasteiger partial charge in [-0.3, -0.25) is 38.9 Å². The van der Waals surface area contributed by atoms with Crippen LogP contribution in [-0.2, 0) is 14.4 Å². The first kappa shape index (κ1) is 26.7. The number of imide groups is 2. The minimum Gasteiger partial charge on any atom is -0.384 e. The number of nitrogens with one attached hydrogen (secondary N) is 4. The lowest BCUT2D eigenvalue weighted by Gasteiger charge is -2.27. The number of fused-ring (bicyclic) bond motifs is 1. The van der Waals surface area contributed by atoms with E-state index in [0.717, 1.165) is 4.90 Å². The second-order valence-corrected chi connectivity index (χ2v) is 10.6. The van der Waals surface area contributed by atoms with Crippen LogP contribution >= 0.6 is 11.9 Å². The van der Waals surface area contributed by atoms with E-state index in [4.69, 9.17) is 0 Å². The molecule has 4 N–H and O–H groups in total. The van der Waals surface area contributed by atoms with Crippen molar-refractivity contribution >= 4 is 47.2 Å². The highest BCUT2D eigenvalue weighted by atomic mass is 32.2. The number of hydrogen-bond donors (Lipinski definition) is 4. The number of piperidine rings is 1. The van der Waals surface area contributed by atoms with Crippen LogP contribution in [0.15, 0.2) is 18.2 Å². The maximum absolute atomic E-state index is 13.1. The Balaban J connectivity index is 1.50. The number of anilines is 1. The molecule has 2 aliphatic heterocycles. The number of amides is 5. The third kappa shape index (κ3) is 6.61. The van der Waals surface area contributed by atoms with Crippen molar-refractivity contribution in [2.45, 2.75) is 58.5 Å².